The van der Waals surface area contributed by atoms with Gasteiger partial charge in [-0.15, -0.1) is 0 Å². The molecule has 1 heterocycles. The fourth-order valence-corrected chi connectivity index (χ4v) is 1.78. The highest BCUT2D eigenvalue weighted by Crippen LogP contribution is 2.28. The predicted molar refractivity (Wildman–Crippen MR) is 72.9 cm³/mol. The second kappa shape index (κ2) is 5.04. The van der Waals surface area contributed by atoms with E-state index in [0.29, 0.717) is 5.69 Å². The molecule has 2 aromatic rings. The largest absolute Gasteiger partial charge is 0.497 e. The van der Waals surface area contributed by atoms with Gasteiger partial charge in [-0.05, 0) is 38.1 Å². The molecule has 1 aromatic heterocycles. The van der Waals surface area contributed by atoms with Gasteiger partial charge < -0.3 is 20.2 Å². The Morgan fingerprint density at radius 1 is 1.28 bits per heavy atom. The Hall–Kier alpha value is -2.10. The number of anilines is 2. The molecular formula is C14H18N2O2. The van der Waals surface area contributed by atoms with Crippen LogP contribution in [-0.2, 0) is 0 Å². The smallest absolute Gasteiger partial charge is 0.126 e. The maximum absolute atomic E-state index is 5.93. The molecule has 0 radical (unpaired) electrons. The minimum Gasteiger partial charge on any atom is -0.497 e. The van der Waals surface area contributed by atoms with Gasteiger partial charge in [0.2, 0.25) is 0 Å². The average Bonchev–Trinajstić information content (AvgIpc) is 2.79. The molecule has 3 N–H and O–H groups in total. The van der Waals surface area contributed by atoms with Gasteiger partial charge in [0.1, 0.15) is 17.3 Å². The molecule has 96 valence electrons. The molecule has 4 heteroatoms. The lowest BCUT2D eigenvalue weighted by Crippen LogP contribution is -2.07. The average molecular weight is 246 g/mol. The predicted octanol–water partition coefficient (Wildman–Crippen LogP) is 3.35. The first-order chi connectivity index (χ1) is 8.60. The molecule has 0 aliphatic carbocycles. The van der Waals surface area contributed by atoms with Crippen molar-refractivity contribution >= 4 is 11.4 Å². The summed E-state index contributed by atoms with van der Waals surface area (Å²) in [6.07, 6.45) is 0. The van der Waals surface area contributed by atoms with Crippen molar-refractivity contribution in [1.29, 1.82) is 0 Å². The number of hydrogen-bond donors (Lipinski definition) is 2. The lowest BCUT2D eigenvalue weighted by Gasteiger charge is -2.15. The maximum atomic E-state index is 5.93. The van der Waals surface area contributed by atoms with Gasteiger partial charge in [-0.3, -0.25) is 0 Å². The van der Waals surface area contributed by atoms with Gasteiger partial charge >= 0.3 is 0 Å². The Kier molecular flexibility index (Phi) is 3.46. The lowest BCUT2D eigenvalue weighted by atomic mass is 10.2. The van der Waals surface area contributed by atoms with Gasteiger partial charge in [-0.2, -0.15) is 0 Å². The zero-order valence-electron chi connectivity index (χ0n) is 10.9. The molecule has 0 fully saturated rings. The number of nitrogens with two attached hydrogens (primary N) is 1. The summed E-state index contributed by atoms with van der Waals surface area (Å²) in [5, 5.41) is 3.32. The fraction of sp³-hybridized carbons (Fsp3) is 0.286. The molecule has 0 aliphatic rings. The van der Waals surface area contributed by atoms with Crippen LogP contribution in [0.25, 0.3) is 0 Å². The van der Waals surface area contributed by atoms with E-state index < -0.39 is 0 Å². The van der Waals surface area contributed by atoms with E-state index in [-0.39, 0.29) is 6.04 Å². The van der Waals surface area contributed by atoms with Crippen molar-refractivity contribution < 1.29 is 9.15 Å². The molecule has 1 aromatic carbocycles. The molecular weight excluding hydrogens is 228 g/mol. The van der Waals surface area contributed by atoms with Crippen LogP contribution in [0.2, 0.25) is 0 Å². The zero-order chi connectivity index (χ0) is 13.1. The van der Waals surface area contributed by atoms with E-state index >= 15 is 0 Å². The van der Waals surface area contributed by atoms with E-state index in [9.17, 15) is 0 Å². The Labute approximate surface area is 107 Å². The highest BCUT2D eigenvalue weighted by atomic mass is 16.5. The van der Waals surface area contributed by atoms with Crippen LogP contribution in [0.1, 0.15) is 24.5 Å². The minimum atomic E-state index is 0.0492. The first-order valence-electron chi connectivity index (χ1n) is 5.86. The summed E-state index contributed by atoms with van der Waals surface area (Å²) in [4.78, 5) is 0. The standard InChI is InChI=1S/C14H18N2O2/c1-9-4-7-14(18-9)10(2)16-13-8-11(17-3)5-6-12(13)15/h4-8,10,16H,15H2,1-3H3. The molecule has 0 aliphatic heterocycles. The first-order valence-corrected chi connectivity index (χ1v) is 5.86. The lowest BCUT2D eigenvalue weighted by molar-refractivity contribution is 0.415. The first kappa shape index (κ1) is 12.4. The summed E-state index contributed by atoms with van der Waals surface area (Å²) in [5.74, 6) is 2.56. The van der Waals surface area contributed by atoms with Crippen molar-refractivity contribution in [3.8, 4) is 5.75 Å². The molecule has 18 heavy (non-hydrogen) atoms. The number of methoxy groups -OCH3 is 1. The van der Waals surface area contributed by atoms with Crippen LogP contribution in [0.3, 0.4) is 0 Å². The fourth-order valence-electron chi connectivity index (χ4n) is 1.78. The summed E-state index contributed by atoms with van der Waals surface area (Å²) in [6, 6.07) is 9.49. The number of aryl methyl sites for hydroxylation is 1. The highest BCUT2D eigenvalue weighted by Gasteiger charge is 2.11. The highest BCUT2D eigenvalue weighted by molar-refractivity contribution is 5.68. The van der Waals surface area contributed by atoms with Gasteiger partial charge in [0.25, 0.3) is 0 Å². The number of nitrogens with one attached hydrogen (secondary N) is 1. The molecule has 0 saturated carbocycles. The van der Waals surface area contributed by atoms with Crippen molar-refractivity contribution in [3.05, 3.63) is 41.9 Å². The molecule has 0 spiro atoms. The van der Waals surface area contributed by atoms with E-state index in [0.717, 1.165) is 23.0 Å². The van der Waals surface area contributed by atoms with Crippen molar-refractivity contribution in [2.45, 2.75) is 19.9 Å². The summed E-state index contributed by atoms with van der Waals surface area (Å²) in [5.41, 5.74) is 7.46. The van der Waals surface area contributed by atoms with Crippen LogP contribution < -0.4 is 15.8 Å². The van der Waals surface area contributed by atoms with Gasteiger partial charge in [0, 0.05) is 6.07 Å². The number of rotatable bonds is 4. The number of benzene rings is 1. The van der Waals surface area contributed by atoms with Gasteiger partial charge in [0.05, 0.1) is 24.5 Å². The SMILES string of the molecule is COc1ccc(N)c(NC(C)c2ccc(C)o2)c1. The summed E-state index contributed by atoms with van der Waals surface area (Å²) in [6.45, 7) is 3.95. The van der Waals surface area contributed by atoms with Crippen LogP contribution in [0.15, 0.2) is 34.7 Å². The molecule has 4 nitrogen and oxygen atoms in total. The summed E-state index contributed by atoms with van der Waals surface area (Å²) < 4.78 is 10.8. The molecule has 0 bridgehead atoms. The van der Waals surface area contributed by atoms with Crippen LogP contribution in [0, 0.1) is 6.92 Å². The Morgan fingerprint density at radius 3 is 2.67 bits per heavy atom. The molecule has 1 unspecified atom stereocenters. The zero-order valence-corrected chi connectivity index (χ0v) is 10.9. The van der Waals surface area contributed by atoms with E-state index in [1.165, 1.54) is 0 Å². The summed E-state index contributed by atoms with van der Waals surface area (Å²) in [7, 11) is 1.63. The third kappa shape index (κ3) is 2.59. The number of ether oxygens (including phenoxy) is 1. The van der Waals surface area contributed by atoms with E-state index in [4.69, 9.17) is 14.9 Å². The van der Waals surface area contributed by atoms with Gasteiger partial charge in [-0.1, -0.05) is 0 Å². The van der Waals surface area contributed by atoms with E-state index in [1.807, 2.05) is 44.2 Å². The monoisotopic (exact) mass is 246 g/mol. The quantitative estimate of drug-likeness (QED) is 0.812. The van der Waals surface area contributed by atoms with Crippen molar-refractivity contribution in [2.75, 3.05) is 18.2 Å². The summed E-state index contributed by atoms with van der Waals surface area (Å²) >= 11 is 0. The number of furan rings is 1. The second-order valence-electron chi connectivity index (χ2n) is 4.27. The van der Waals surface area contributed by atoms with Crippen molar-refractivity contribution in [2.24, 2.45) is 0 Å². The van der Waals surface area contributed by atoms with Crippen LogP contribution in [0.5, 0.6) is 5.75 Å². The van der Waals surface area contributed by atoms with Gasteiger partial charge in [0.15, 0.2) is 0 Å². The third-order valence-electron chi connectivity index (χ3n) is 2.82. The van der Waals surface area contributed by atoms with E-state index in [1.54, 1.807) is 7.11 Å². The van der Waals surface area contributed by atoms with Crippen molar-refractivity contribution in [1.82, 2.24) is 0 Å². The Bertz CT molecular complexity index is 534. The second-order valence-corrected chi connectivity index (χ2v) is 4.27. The maximum Gasteiger partial charge on any atom is 0.126 e. The van der Waals surface area contributed by atoms with Crippen LogP contribution in [-0.4, -0.2) is 7.11 Å². The van der Waals surface area contributed by atoms with Crippen LogP contribution in [0.4, 0.5) is 11.4 Å². The Morgan fingerprint density at radius 2 is 2.06 bits per heavy atom. The normalized spacial score (nSPS) is 12.2. The number of hydrogen-bond acceptors (Lipinski definition) is 4. The number of nitrogen functional groups attached to an aromatic ring is 1. The van der Waals surface area contributed by atoms with Crippen molar-refractivity contribution in [3.63, 3.8) is 0 Å². The van der Waals surface area contributed by atoms with E-state index in [2.05, 4.69) is 5.32 Å². The topological polar surface area (TPSA) is 60.4 Å². The molecule has 2 rings (SSSR count). The molecule has 1 atom stereocenters. The minimum absolute atomic E-state index is 0.0492. The van der Waals surface area contributed by atoms with Gasteiger partial charge in [-0.25, -0.2) is 0 Å². The Balaban J connectivity index is 2.18. The molecule has 0 saturated heterocycles. The van der Waals surface area contributed by atoms with Crippen LogP contribution >= 0.6 is 0 Å². The molecule has 0 amide bonds. The third-order valence-corrected chi connectivity index (χ3v) is 2.82.